The van der Waals surface area contributed by atoms with Gasteiger partial charge in [0.1, 0.15) is 0 Å². The third-order valence-electron chi connectivity index (χ3n) is 3.72. The Morgan fingerprint density at radius 2 is 2.15 bits per heavy atom. The Hall–Kier alpha value is -0.810. The second kappa shape index (κ2) is 9.19. The molecule has 1 fully saturated rings. The maximum Gasteiger partial charge on any atom is 0.314 e. The summed E-state index contributed by atoms with van der Waals surface area (Å²) in [6.07, 6.45) is 3.60. The fourth-order valence-electron chi connectivity index (χ4n) is 2.75. The standard InChI is InChI=1S/C15H31N3O2/c1-4-6-14(19)10-17-15(20)16-9-13-7-5-8-18(13)11-12(2)3/h12-14,19H,4-11H2,1-3H3,(H2,16,17,20)/t13-,14?/m0/s1. The molecule has 1 unspecified atom stereocenters. The number of carbonyl (C=O) groups is 1. The lowest BCUT2D eigenvalue weighted by Gasteiger charge is -2.26. The molecule has 0 aromatic rings. The van der Waals surface area contributed by atoms with Crippen LogP contribution in [0.3, 0.4) is 0 Å². The van der Waals surface area contributed by atoms with Crippen LogP contribution in [0.25, 0.3) is 0 Å². The van der Waals surface area contributed by atoms with Crippen molar-refractivity contribution in [2.45, 2.75) is 58.6 Å². The first-order valence-electron chi connectivity index (χ1n) is 7.96. The van der Waals surface area contributed by atoms with E-state index >= 15 is 0 Å². The lowest BCUT2D eigenvalue weighted by molar-refractivity contribution is 0.159. The third-order valence-corrected chi connectivity index (χ3v) is 3.72. The molecular formula is C15H31N3O2. The Balaban J connectivity index is 2.19. The zero-order chi connectivity index (χ0) is 15.0. The molecule has 2 atom stereocenters. The fourth-order valence-corrected chi connectivity index (χ4v) is 2.75. The molecule has 0 spiro atoms. The van der Waals surface area contributed by atoms with E-state index in [1.807, 2.05) is 6.92 Å². The van der Waals surface area contributed by atoms with Crippen LogP contribution in [0.4, 0.5) is 4.79 Å². The van der Waals surface area contributed by atoms with Gasteiger partial charge < -0.3 is 15.7 Å². The number of carbonyl (C=O) groups excluding carboxylic acids is 1. The summed E-state index contributed by atoms with van der Waals surface area (Å²) < 4.78 is 0. The quantitative estimate of drug-likeness (QED) is 0.634. The highest BCUT2D eigenvalue weighted by Crippen LogP contribution is 2.17. The highest BCUT2D eigenvalue weighted by atomic mass is 16.3. The van der Waals surface area contributed by atoms with Crippen LogP contribution in [0, 0.1) is 5.92 Å². The molecule has 2 amide bonds. The lowest BCUT2D eigenvalue weighted by atomic mass is 10.1. The maximum atomic E-state index is 11.7. The van der Waals surface area contributed by atoms with Crippen LogP contribution in [0.1, 0.15) is 46.5 Å². The van der Waals surface area contributed by atoms with Gasteiger partial charge in [0.05, 0.1) is 6.10 Å². The molecule has 5 heteroatoms. The van der Waals surface area contributed by atoms with Crippen molar-refractivity contribution in [3.63, 3.8) is 0 Å². The van der Waals surface area contributed by atoms with Gasteiger partial charge in [0.25, 0.3) is 0 Å². The molecule has 0 aliphatic carbocycles. The highest BCUT2D eigenvalue weighted by Gasteiger charge is 2.25. The minimum Gasteiger partial charge on any atom is -0.391 e. The normalized spacial score (nSPS) is 21.1. The first-order chi connectivity index (χ1) is 9.52. The minimum atomic E-state index is -0.435. The van der Waals surface area contributed by atoms with E-state index in [4.69, 9.17) is 0 Å². The SMILES string of the molecule is CCCC(O)CNC(=O)NC[C@@H]1CCCN1CC(C)C. The van der Waals surface area contributed by atoms with E-state index in [2.05, 4.69) is 29.4 Å². The molecule has 0 radical (unpaired) electrons. The van der Waals surface area contributed by atoms with Gasteiger partial charge in [-0.2, -0.15) is 0 Å². The molecule has 1 aliphatic rings. The average Bonchev–Trinajstić information content (AvgIpc) is 2.81. The topological polar surface area (TPSA) is 64.6 Å². The molecule has 0 bridgehead atoms. The van der Waals surface area contributed by atoms with E-state index in [0.717, 1.165) is 32.4 Å². The number of hydrogen-bond acceptors (Lipinski definition) is 3. The van der Waals surface area contributed by atoms with Gasteiger partial charge in [-0.25, -0.2) is 4.79 Å². The van der Waals surface area contributed by atoms with Crippen LogP contribution in [-0.2, 0) is 0 Å². The van der Waals surface area contributed by atoms with Crippen LogP contribution in [-0.4, -0.2) is 54.4 Å². The Kier molecular flexibility index (Phi) is 7.92. The molecule has 3 N–H and O–H groups in total. The highest BCUT2D eigenvalue weighted by molar-refractivity contribution is 5.73. The third kappa shape index (κ3) is 6.57. The monoisotopic (exact) mass is 285 g/mol. The van der Waals surface area contributed by atoms with Crippen molar-refractivity contribution in [1.82, 2.24) is 15.5 Å². The molecule has 0 aromatic carbocycles. The molecule has 1 rings (SSSR count). The van der Waals surface area contributed by atoms with Crippen LogP contribution < -0.4 is 10.6 Å². The van der Waals surface area contributed by atoms with Crippen molar-refractivity contribution in [3.8, 4) is 0 Å². The van der Waals surface area contributed by atoms with Crippen molar-refractivity contribution in [1.29, 1.82) is 0 Å². The van der Waals surface area contributed by atoms with E-state index in [0.29, 0.717) is 25.0 Å². The molecule has 1 heterocycles. The Morgan fingerprint density at radius 1 is 1.40 bits per heavy atom. The second-order valence-electron chi connectivity index (χ2n) is 6.22. The Morgan fingerprint density at radius 3 is 2.80 bits per heavy atom. The number of likely N-dealkylation sites (tertiary alicyclic amines) is 1. The van der Waals surface area contributed by atoms with Gasteiger partial charge in [0, 0.05) is 25.7 Å². The van der Waals surface area contributed by atoms with Gasteiger partial charge in [-0.15, -0.1) is 0 Å². The summed E-state index contributed by atoms with van der Waals surface area (Å²) in [6, 6.07) is 0.292. The van der Waals surface area contributed by atoms with Crippen molar-refractivity contribution in [2.75, 3.05) is 26.2 Å². The van der Waals surface area contributed by atoms with Crippen LogP contribution in [0.5, 0.6) is 0 Å². The van der Waals surface area contributed by atoms with Gasteiger partial charge in [0.15, 0.2) is 0 Å². The van der Waals surface area contributed by atoms with E-state index in [1.54, 1.807) is 0 Å². The van der Waals surface area contributed by atoms with E-state index < -0.39 is 6.10 Å². The van der Waals surface area contributed by atoms with Crippen LogP contribution in [0.2, 0.25) is 0 Å². The van der Waals surface area contributed by atoms with Gasteiger partial charge in [-0.05, 0) is 31.7 Å². The number of hydrogen-bond donors (Lipinski definition) is 3. The fraction of sp³-hybridized carbons (Fsp3) is 0.933. The predicted molar refractivity (Wildman–Crippen MR) is 81.7 cm³/mol. The largest absolute Gasteiger partial charge is 0.391 e. The van der Waals surface area contributed by atoms with Crippen molar-refractivity contribution in [3.05, 3.63) is 0 Å². The molecular weight excluding hydrogens is 254 g/mol. The summed E-state index contributed by atoms with van der Waals surface area (Å²) >= 11 is 0. The number of aliphatic hydroxyl groups is 1. The number of amides is 2. The summed E-state index contributed by atoms with van der Waals surface area (Å²) in [4.78, 5) is 14.2. The van der Waals surface area contributed by atoms with Gasteiger partial charge in [-0.3, -0.25) is 4.90 Å². The summed E-state index contributed by atoms with van der Waals surface area (Å²) in [7, 11) is 0. The maximum absolute atomic E-state index is 11.7. The molecule has 20 heavy (non-hydrogen) atoms. The summed E-state index contributed by atoms with van der Waals surface area (Å²) in [5, 5.41) is 15.2. The van der Waals surface area contributed by atoms with Gasteiger partial charge in [-0.1, -0.05) is 27.2 Å². The molecule has 0 aromatic heterocycles. The number of nitrogens with zero attached hydrogens (tertiary/aromatic N) is 1. The zero-order valence-electron chi connectivity index (χ0n) is 13.2. The molecule has 118 valence electrons. The molecule has 0 saturated carbocycles. The first-order valence-corrected chi connectivity index (χ1v) is 7.96. The van der Waals surface area contributed by atoms with Crippen molar-refractivity contribution in [2.24, 2.45) is 5.92 Å². The van der Waals surface area contributed by atoms with Crippen LogP contribution in [0.15, 0.2) is 0 Å². The molecule has 5 nitrogen and oxygen atoms in total. The van der Waals surface area contributed by atoms with Crippen molar-refractivity contribution >= 4 is 6.03 Å². The first kappa shape index (κ1) is 17.2. The second-order valence-corrected chi connectivity index (χ2v) is 6.22. The lowest BCUT2D eigenvalue weighted by Crippen LogP contribution is -2.46. The van der Waals surface area contributed by atoms with Gasteiger partial charge in [0.2, 0.25) is 0 Å². The van der Waals surface area contributed by atoms with Gasteiger partial charge >= 0.3 is 6.03 Å². The summed E-state index contributed by atoms with van der Waals surface area (Å²) in [5.41, 5.74) is 0. The number of urea groups is 1. The zero-order valence-corrected chi connectivity index (χ0v) is 13.2. The average molecular weight is 285 g/mol. The Labute approximate surface area is 123 Å². The number of aliphatic hydroxyl groups excluding tert-OH is 1. The number of nitrogens with one attached hydrogen (secondary N) is 2. The summed E-state index contributed by atoms with van der Waals surface area (Å²) in [6.45, 7) is 9.75. The minimum absolute atomic E-state index is 0.170. The predicted octanol–water partition coefficient (Wildman–Crippen LogP) is 1.57. The van der Waals surface area contributed by atoms with E-state index in [-0.39, 0.29) is 6.03 Å². The van der Waals surface area contributed by atoms with Crippen LogP contribution >= 0.6 is 0 Å². The van der Waals surface area contributed by atoms with E-state index in [1.165, 1.54) is 6.42 Å². The molecule has 1 saturated heterocycles. The summed E-state index contributed by atoms with van der Waals surface area (Å²) in [5.74, 6) is 0.661. The smallest absolute Gasteiger partial charge is 0.314 e. The Bertz CT molecular complexity index is 284. The van der Waals surface area contributed by atoms with E-state index in [9.17, 15) is 9.90 Å². The number of rotatable bonds is 8. The molecule has 1 aliphatic heterocycles. The van der Waals surface area contributed by atoms with Crippen molar-refractivity contribution < 1.29 is 9.90 Å².